The predicted octanol–water partition coefficient (Wildman–Crippen LogP) is 2.97. The van der Waals surface area contributed by atoms with E-state index >= 15 is 0 Å². The molecule has 27 heavy (non-hydrogen) atoms. The minimum absolute atomic E-state index is 0.0550. The van der Waals surface area contributed by atoms with Gasteiger partial charge in [0.1, 0.15) is 0 Å². The smallest absolute Gasteiger partial charge is 0.0832 e. The summed E-state index contributed by atoms with van der Waals surface area (Å²) < 4.78 is 0. The zero-order chi connectivity index (χ0) is 18.9. The van der Waals surface area contributed by atoms with Gasteiger partial charge < -0.3 is 20.6 Å². The van der Waals surface area contributed by atoms with Gasteiger partial charge in [-0.25, -0.2) is 0 Å². The van der Waals surface area contributed by atoms with Gasteiger partial charge in [-0.05, 0) is 64.0 Å². The molecular weight excluding hydrogens is 334 g/mol. The highest BCUT2D eigenvalue weighted by molar-refractivity contribution is 5.45. The SMILES string of the molecule is CN(C)C1(CN[C@@H]2c3ccccc3C3(CCNCC3)[C@H]2O)CCCCCC1. The molecule has 0 unspecified atom stereocenters. The fraction of sp³-hybridized carbons (Fsp3) is 0.739. The minimum Gasteiger partial charge on any atom is -0.390 e. The van der Waals surface area contributed by atoms with E-state index in [1.165, 1.54) is 49.7 Å². The fourth-order valence-electron chi connectivity index (χ4n) is 6.00. The first-order valence-corrected chi connectivity index (χ1v) is 11.0. The fourth-order valence-corrected chi connectivity index (χ4v) is 6.00. The summed E-state index contributed by atoms with van der Waals surface area (Å²) in [5.74, 6) is 0. The van der Waals surface area contributed by atoms with Crippen molar-refractivity contribution in [2.45, 2.75) is 74.5 Å². The lowest BCUT2D eigenvalue weighted by molar-refractivity contribution is 0.0359. The normalized spacial score (nSPS) is 29.6. The third-order valence-electron chi connectivity index (χ3n) is 7.84. The molecule has 4 heteroatoms. The summed E-state index contributed by atoms with van der Waals surface area (Å²) in [7, 11) is 4.47. The Morgan fingerprint density at radius 2 is 1.70 bits per heavy atom. The van der Waals surface area contributed by atoms with Gasteiger partial charge in [-0.3, -0.25) is 0 Å². The van der Waals surface area contributed by atoms with Crippen LogP contribution in [0.15, 0.2) is 24.3 Å². The van der Waals surface area contributed by atoms with Gasteiger partial charge in [-0.2, -0.15) is 0 Å². The number of fused-ring (bicyclic) bond motifs is 2. The Balaban J connectivity index is 1.58. The summed E-state index contributed by atoms with van der Waals surface area (Å²) in [6.45, 7) is 2.96. The van der Waals surface area contributed by atoms with Crippen LogP contribution in [-0.4, -0.2) is 55.4 Å². The summed E-state index contributed by atoms with van der Waals surface area (Å²) in [6, 6.07) is 8.83. The van der Waals surface area contributed by atoms with Crippen LogP contribution in [0.5, 0.6) is 0 Å². The molecule has 2 fully saturated rings. The number of hydrogen-bond donors (Lipinski definition) is 3. The van der Waals surface area contributed by atoms with E-state index in [0.717, 1.165) is 32.5 Å². The maximum Gasteiger partial charge on any atom is 0.0832 e. The molecule has 0 bridgehead atoms. The van der Waals surface area contributed by atoms with Crippen molar-refractivity contribution in [3.05, 3.63) is 35.4 Å². The molecule has 1 spiro atoms. The van der Waals surface area contributed by atoms with Crippen LogP contribution >= 0.6 is 0 Å². The van der Waals surface area contributed by atoms with Crippen LogP contribution in [0.4, 0.5) is 0 Å². The summed E-state index contributed by atoms with van der Waals surface area (Å²) in [6.07, 6.45) is 9.60. The van der Waals surface area contributed by atoms with E-state index in [9.17, 15) is 5.11 Å². The second-order valence-electron chi connectivity index (χ2n) is 9.33. The Labute approximate surface area is 164 Å². The number of aliphatic hydroxyl groups excluding tert-OH is 1. The number of rotatable bonds is 4. The maximum absolute atomic E-state index is 11.5. The Hall–Kier alpha value is -0.940. The first kappa shape index (κ1) is 19.4. The molecule has 1 saturated heterocycles. The molecule has 3 aliphatic rings. The van der Waals surface area contributed by atoms with Crippen LogP contribution in [-0.2, 0) is 5.41 Å². The predicted molar refractivity (Wildman–Crippen MR) is 111 cm³/mol. The maximum atomic E-state index is 11.5. The summed E-state index contributed by atoms with van der Waals surface area (Å²) in [5.41, 5.74) is 2.86. The molecule has 3 N–H and O–H groups in total. The highest BCUT2D eigenvalue weighted by atomic mass is 16.3. The van der Waals surface area contributed by atoms with Crippen LogP contribution in [0, 0.1) is 0 Å². The second-order valence-corrected chi connectivity index (χ2v) is 9.33. The highest BCUT2D eigenvalue weighted by Gasteiger charge is 2.52. The third-order valence-corrected chi connectivity index (χ3v) is 7.84. The molecule has 0 radical (unpaired) electrons. The first-order valence-electron chi connectivity index (χ1n) is 11.0. The number of piperidine rings is 1. The molecule has 1 aromatic carbocycles. The number of nitrogens with one attached hydrogen (secondary N) is 2. The average molecular weight is 372 g/mol. The van der Waals surface area contributed by atoms with E-state index in [1.54, 1.807) is 0 Å². The van der Waals surface area contributed by atoms with Crippen LogP contribution in [0.1, 0.15) is 68.5 Å². The average Bonchev–Trinajstić information content (AvgIpc) is 2.86. The summed E-state index contributed by atoms with van der Waals surface area (Å²) >= 11 is 0. The Morgan fingerprint density at radius 3 is 2.37 bits per heavy atom. The van der Waals surface area contributed by atoms with Gasteiger partial charge in [0.15, 0.2) is 0 Å². The zero-order valence-corrected chi connectivity index (χ0v) is 17.1. The van der Waals surface area contributed by atoms with Gasteiger partial charge in [-0.15, -0.1) is 0 Å². The van der Waals surface area contributed by atoms with E-state index in [2.05, 4.69) is 53.9 Å². The third kappa shape index (κ3) is 3.35. The quantitative estimate of drug-likeness (QED) is 0.712. The van der Waals surface area contributed by atoms with Crippen molar-refractivity contribution in [2.75, 3.05) is 33.7 Å². The molecule has 2 atom stereocenters. The topological polar surface area (TPSA) is 47.5 Å². The molecule has 0 aromatic heterocycles. The van der Waals surface area contributed by atoms with E-state index < -0.39 is 0 Å². The molecule has 4 nitrogen and oxygen atoms in total. The molecule has 1 aromatic rings. The number of hydrogen-bond acceptors (Lipinski definition) is 4. The highest BCUT2D eigenvalue weighted by Crippen LogP contribution is 2.50. The molecule has 150 valence electrons. The molecule has 4 rings (SSSR count). The lowest BCUT2D eigenvalue weighted by Gasteiger charge is -2.42. The minimum atomic E-state index is -0.331. The van der Waals surface area contributed by atoms with Gasteiger partial charge in [-0.1, -0.05) is 49.9 Å². The van der Waals surface area contributed by atoms with Crippen molar-refractivity contribution in [3.8, 4) is 0 Å². The molecule has 1 saturated carbocycles. The second kappa shape index (κ2) is 7.82. The van der Waals surface area contributed by atoms with Crippen LogP contribution in [0.2, 0.25) is 0 Å². The van der Waals surface area contributed by atoms with Crippen LogP contribution in [0.25, 0.3) is 0 Å². The van der Waals surface area contributed by atoms with Crippen LogP contribution < -0.4 is 10.6 Å². The molecular formula is C23H37N3O. The van der Waals surface area contributed by atoms with Gasteiger partial charge >= 0.3 is 0 Å². The van der Waals surface area contributed by atoms with Crippen molar-refractivity contribution < 1.29 is 5.11 Å². The summed E-state index contributed by atoms with van der Waals surface area (Å²) in [4.78, 5) is 2.44. The van der Waals surface area contributed by atoms with Gasteiger partial charge in [0, 0.05) is 17.5 Å². The van der Waals surface area contributed by atoms with Gasteiger partial charge in [0.25, 0.3) is 0 Å². The van der Waals surface area contributed by atoms with Gasteiger partial charge in [0.2, 0.25) is 0 Å². The lowest BCUT2D eigenvalue weighted by Crippen LogP contribution is -2.54. The van der Waals surface area contributed by atoms with E-state index in [0.29, 0.717) is 0 Å². The molecule has 1 heterocycles. The van der Waals surface area contributed by atoms with Crippen molar-refractivity contribution >= 4 is 0 Å². The van der Waals surface area contributed by atoms with Crippen molar-refractivity contribution in [1.29, 1.82) is 0 Å². The summed E-state index contributed by atoms with van der Waals surface area (Å²) in [5, 5.41) is 18.8. The molecule has 0 amide bonds. The van der Waals surface area contributed by atoms with E-state index in [1.807, 2.05) is 0 Å². The Kier molecular flexibility index (Phi) is 5.62. The van der Waals surface area contributed by atoms with Crippen molar-refractivity contribution in [3.63, 3.8) is 0 Å². The van der Waals surface area contributed by atoms with Crippen molar-refractivity contribution in [2.24, 2.45) is 0 Å². The monoisotopic (exact) mass is 371 g/mol. The molecule has 1 aliphatic heterocycles. The number of likely N-dealkylation sites (N-methyl/N-ethyl adjacent to an activating group) is 1. The first-order chi connectivity index (χ1) is 13.1. The Bertz CT molecular complexity index is 630. The lowest BCUT2D eigenvalue weighted by atomic mass is 9.72. The van der Waals surface area contributed by atoms with Crippen LogP contribution in [0.3, 0.4) is 0 Å². The van der Waals surface area contributed by atoms with E-state index in [-0.39, 0.29) is 23.1 Å². The Morgan fingerprint density at radius 1 is 1.04 bits per heavy atom. The number of nitrogens with zero attached hydrogens (tertiary/aromatic N) is 1. The van der Waals surface area contributed by atoms with E-state index in [4.69, 9.17) is 0 Å². The number of aliphatic hydroxyl groups is 1. The van der Waals surface area contributed by atoms with Gasteiger partial charge in [0.05, 0.1) is 12.1 Å². The zero-order valence-electron chi connectivity index (χ0n) is 17.1. The number of benzene rings is 1. The largest absolute Gasteiger partial charge is 0.390 e. The van der Waals surface area contributed by atoms with Crippen molar-refractivity contribution in [1.82, 2.24) is 15.5 Å². The molecule has 2 aliphatic carbocycles. The standard InChI is InChI=1S/C23H37N3O/c1-26(2)22(11-7-3-4-8-12-22)17-25-20-18-9-5-6-10-19(18)23(21(20)27)13-15-24-16-14-23/h5-6,9-10,20-21,24-25,27H,3-4,7-8,11-17H2,1-2H3/t20-,21+/m1/s1.